The molecular formula is C11H17F2N. The van der Waals surface area contributed by atoms with Gasteiger partial charge in [0.15, 0.2) is 0 Å². The average Bonchev–Trinajstić information content (AvgIpc) is 2.84. The van der Waals surface area contributed by atoms with Crippen molar-refractivity contribution in [3.8, 4) is 0 Å². The van der Waals surface area contributed by atoms with Crippen LogP contribution in [0.5, 0.6) is 0 Å². The summed E-state index contributed by atoms with van der Waals surface area (Å²) in [5.41, 5.74) is 1.11. The Bertz CT molecular complexity index is 246. The van der Waals surface area contributed by atoms with Gasteiger partial charge in [0.25, 0.3) is 0 Å². The lowest BCUT2D eigenvalue weighted by Crippen LogP contribution is -2.44. The third kappa shape index (κ3) is 1.53. The number of piperidine rings is 1. The molecule has 14 heavy (non-hydrogen) atoms. The second kappa shape index (κ2) is 3.21. The van der Waals surface area contributed by atoms with E-state index in [-0.39, 0.29) is 11.5 Å². The standard InChI is InChI=1S/C11H17F2N/c1-8(2)14-6-3-9(10(12)13)7-11(14)4-5-11/h9-10H,1,3-7H2,2H3. The van der Waals surface area contributed by atoms with Gasteiger partial charge < -0.3 is 4.90 Å². The van der Waals surface area contributed by atoms with Gasteiger partial charge in [0, 0.05) is 23.7 Å². The van der Waals surface area contributed by atoms with Crippen LogP contribution in [-0.2, 0) is 0 Å². The summed E-state index contributed by atoms with van der Waals surface area (Å²) in [6.45, 7) is 6.67. The van der Waals surface area contributed by atoms with Crippen molar-refractivity contribution in [3.63, 3.8) is 0 Å². The number of nitrogens with zero attached hydrogens (tertiary/aromatic N) is 1. The predicted octanol–water partition coefficient (Wildman–Crippen LogP) is 3.03. The molecule has 1 nitrogen and oxygen atoms in total. The Labute approximate surface area is 83.8 Å². The summed E-state index contributed by atoms with van der Waals surface area (Å²) in [5, 5.41) is 0. The van der Waals surface area contributed by atoms with Crippen LogP contribution in [0, 0.1) is 5.92 Å². The van der Waals surface area contributed by atoms with Crippen molar-refractivity contribution in [3.05, 3.63) is 12.3 Å². The minimum absolute atomic E-state index is 0.0746. The van der Waals surface area contributed by atoms with Gasteiger partial charge in [-0.1, -0.05) is 6.58 Å². The van der Waals surface area contributed by atoms with Gasteiger partial charge in [-0.25, -0.2) is 8.78 Å². The molecule has 1 spiro atoms. The van der Waals surface area contributed by atoms with Gasteiger partial charge in [-0.2, -0.15) is 0 Å². The van der Waals surface area contributed by atoms with Crippen LogP contribution in [0.15, 0.2) is 12.3 Å². The van der Waals surface area contributed by atoms with E-state index in [0.29, 0.717) is 12.8 Å². The van der Waals surface area contributed by atoms with E-state index < -0.39 is 6.43 Å². The van der Waals surface area contributed by atoms with Crippen molar-refractivity contribution >= 4 is 0 Å². The van der Waals surface area contributed by atoms with E-state index in [1.165, 1.54) is 0 Å². The maximum absolute atomic E-state index is 12.6. The molecular weight excluding hydrogens is 184 g/mol. The molecule has 80 valence electrons. The van der Waals surface area contributed by atoms with Gasteiger partial charge in [0.1, 0.15) is 0 Å². The molecule has 2 rings (SSSR count). The van der Waals surface area contributed by atoms with Gasteiger partial charge in [0.2, 0.25) is 6.43 Å². The summed E-state index contributed by atoms with van der Waals surface area (Å²) >= 11 is 0. The van der Waals surface area contributed by atoms with Crippen LogP contribution >= 0.6 is 0 Å². The van der Waals surface area contributed by atoms with Crippen molar-refractivity contribution in [1.29, 1.82) is 0 Å². The largest absolute Gasteiger partial charge is 0.370 e. The van der Waals surface area contributed by atoms with Gasteiger partial charge in [-0.3, -0.25) is 0 Å². The molecule has 0 aromatic rings. The molecule has 3 heteroatoms. The molecule has 1 atom stereocenters. The zero-order valence-corrected chi connectivity index (χ0v) is 8.60. The second-order valence-corrected chi connectivity index (χ2v) is 4.70. The van der Waals surface area contributed by atoms with Crippen LogP contribution in [0.3, 0.4) is 0 Å². The van der Waals surface area contributed by atoms with Gasteiger partial charge in [-0.15, -0.1) is 0 Å². The highest BCUT2D eigenvalue weighted by Crippen LogP contribution is 2.52. The number of allylic oxidation sites excluding steroid dienone is 1. The highest BCUT2D eigenvalue weighted by atomic mass is 19.3. The molecule has 0 aromatic carbocycles. The Morgan fingerprint density at radius 3 is 2.57 bits per heavy atom. The number of halogens is 2. The Morgan fingerprint density at radius 1 is 1.50 bits per heavy atom. The summed E-state index contributed by atoms with van der Waals surface area (Å²) in [6, 6.07) is 0. The van der Waals surface area contributed by atoms with Crippen LogP contribution in [0.4, 0.5) is 8.78 Å². The fraction of sp³-hybridized carbons (Fsp3) is 0.818. The first-order valence-corrected chi connectivity index (χ1v) is 5.26. The molecule has 1 saturated carbocycles. The molecule has 1 aliphatic heterocycles. The Kier molecular flexibility index (Phi) is 2.28. The summed E-state index contributed by atoms with van der Waals surface area (Å²) < 4.78 is 25.2. The predicted molar refractivity (Wildman–Crippen MR) is 52.2 cm³/mol. The molecule has 0 N–H and O–H groups in total. The fourth-order valence-corrected chi connectivity index (χ4v) is 2.66. The van der Waals surface area contributed by atoms with Crippen LogP contribution in [0.1, 0.15) is 32.6 Å². The number of alkyl halides is 2. The van der Waals surface area contributed by atoms with E-state index in [2.05, 4.69) is 11.5 Å². The Hall–Kier alpha value is -0.600. The molecule has 1 aliphatic carbocycles. The average molecular weight is 201 g/mol. The second-order valence-electron chi connectivity index (χ2n) is 4.70. The summed E-state index contributed by atoms with van der Waals surface area (Å²) in [5.74, 6) is -0.381. The van der Waals surface area contributed by atoms with Crippen molar-refractivity contribution in [1.82, 2.24) is 4.90 Å². The first-order chi connectivity index (χ1) is 6.55. The van der Waals surface area contributed by atoms with Crippen LogP contribution < -0.4 is 0 Å². The molecule has 2 fully saturated rings. The van der Waals surface area contributed by atoms with Crippen molar-refractivity contribution < 1.29 is 8.78 Å². The van der Waals surface area contributed by atoms with Crippen molar-refractivity contribution in [2.45, 2.75) is 44.6 Å². The van der Waals surface area contributed by atoms with Crippen molar-refractivity contribution in [2.75, 3.05) is 6.54 Å². The quantitative estimate of drug-likeness (QED) is 0.663. The lowest BCUT2D eigenvalue weighted by atomic mass is 9.89. The number of hydrogen-bond acceptors (Lipinski definition) is 1. The summed E-state index contributed by atoms with van der Waals surface area (Å²) in [7, 11) is 0. The minimum atomic E-state index is -2.14. The first kappa shape index (κ1) is 9.94. The van der Waals surface area contributed by atoms with Crippen molar-refractivity contribution in [2.24, 2.45) is 5.92 Å². The highest BCUT2D eigenvalue weighted by molar-refractivity contribution is 5.13. The van der Waals surface area contributed by atoms with E-state index in [9.17, 15) is 8.78 Å². The number of likely N-dealkylation sites (tertiary alicyclic amines) is 1. The molecule has 0 aromatic heterocycles. The third-order valence-electron chi connectivity index (χ3n) is 3.58. The number of hydrogen-bond donors (Lipinski definition) is 0. The topological polar surface area (TPSA) is 3.24 Å². The maximum atomic E-state index is 12.6. The van der Waals surface area contributed by atoms with E-state index in [4.69, 9.17) is 0 Å². The summed E-state index contributed by atoms with van der Waals surface area (Å²) in [4.78, 5) is 2.24. The van der Waals surface area contributed by atoms with Gasteiger partial charge >= 0.3 is 0 Å². The first-order valence-electron chi connectivity index (χ1n) is 5.26. The smallest absolute Gasteiger partial charge is 0.241 e. The SMILES string of the molecule is C=C(C)N1CCC(C(F)F)CC12CC2. The number of rotatable bonds is 2. The molecule has 2 aliphatic rings. The minimum Gasteiger partial charge on any atom is -0.370 e. The molecule has 0 bridgehead atoms. The fourth-order valence-electron chi connectivity index (χ4n) is 2.66. The normalized spacial score (nSPS) is 29.7. The monoisotopic (exact) mass is 201 g/mol. The zero-order valence-electron chi connectivity index (χ0n) is 8.60. The van der Waals surface area contributed by atoms with Crippen LogP contribution in [0.2, 0.25) is 0 Å². The maximum Gasteiger partial charge on any atom is 0.241 e. The zero-order chi connectivity index (χ0) is 10.3. The Balaban J connectivity index is 2.06. The van der Waals surface area contributed by atoms with E-state index >= 15 is 0 Å². The van der Waals surface area contributed by atoms with Gasteiger partial charge in [0.05, 0.1) is 0 Å². The molecule has 0 radical (unpaired) electrons. The molecule has 1 unspecified atom stereocenters. The highest BCUT2D eigenvalue weighted by Gasteiger charge is 2.52. The third-order valence-corrected chi connectivity index (χ3v) is 3.58. The van der Waals surface area contributed by atoms with E-state index in [1.807, 2.05) is 6.92 Å². The van der Waals surface area contributed by atoms with E-state index in [1.54, 1.807) is 0 Å². The van der Waals surface area contributed by atoms with Crippen LogP contribution in [-0.4, -0.2) is 23.4 Å². The Morgan fingerprint density at radius 2 is 2.14 bits per heavy atom. The van der Waals surface area contributed by atoms with Crippen LogP contribution in [0.25, 0.3) is 0 Å². The summed E-state index contributed by atoms with van der Waals surface area (Å²) in [6.07, 6.45) is 1.29. The molecule has 1 saturated heterocycles. The lowest BCUT2D eigenvalue weighted by molar-refractivity contribution is 0.0143. The molecule has 0 amide bonds. The van der Waals surface area contributed by atoms with Gasteiger partial charge in [-0.05, 0) is 32.6 Å². The lowest BCUT2D eigenvalue weighted by Gasteiger charge is -2.41. The van der Waals surface area contributed by atoms with E-state index in [0.717, 1.165) is 25.1 Å². The molecule has 1 heterocycles.